The Morgan fingerprint density at radius 3 is 2.20 bits per heavy atom. The molecule has 1 amide bonds. The third kappa shape index (κ3) is 8.12. The van der Waals surface area contributed by atoms with Gasteiger partial charge in [0.1, 0.15) is 6.73 Å². The van der Waals surface area contributed by atoms with Crippen molar-refractivity contribution in [3.8, 4) is 6.07 Å². The summed E-state index contributed by atoms with van der Waals surface area (Å²) in [4.78, 5) is 18.1. The van der Waals surface area contributed by atoms with Gasteiger partial charge < -0.3 is 25.6 Å². The SMILES string of the molecule is COCNc1cc(C#N)ccc1C1[C@@H](c2cccc(Cl)c2)[C@H](C(=O)N[C@H]2CC[C@H](O)CC2)N([C@H](c2ccccc2)[C@@H](O)c2ccccc2)C12CCC(C)(C)CC2. The van der Waals surface area contributed by atoms with Crippen molar-refractivity contribution in [2.45, 2.75) is 113 Å². The highest BCUT2D eigenvalue weighted by Gasteiger charge is 2.65. The lowest BCUT2D eigenvalue weighted by Gasteiger charge is -2.53. The first-order chi connectivity index (χ1) is 27.0. The van der Waals surface area contributed by atoms with E-state index in [1.165, 1.54) is 0 Å². The van der Waals surface area contributed by atoms with E-state index in [2.05, 4.69) is 59.7 Å². The van der Waals surface area contributed by atoms with E-state index in [1.807, 2.05) is 78.9 Å². The van der Waals surface area contributed by atoms with Crippen molar-refractivity contribution in [1.82, 2.24) is 10.2 Å². The fraction of sp³-hybridized carbons (Fsp3) is 0.447. The van der Waals surface area contributed by atoms with Crippen molar-refractivity contribution in [2.75, 3.05) is 19.2 Å². The Hall–Kier alpha value is -4.23. The molecule has 1 unspecified atom stereocenters. The molecule has 1 saturated heterocycles. The third-order valence-electron chi connectivity index (χ3n) is 12.9. The molecule has 4 N–H and O–H groups in total. The molecule has 56 heavy (non-hydrogen) atoms. The summed E-state index contributed by atoms with van der Waals surface area (Å²) in [6, 6.07) is 34.6. The van der Waals surface area contributed by atoms with Crippen molar-refractivity contribution in [3.63, 3.8) is 0 Å². The molecule has 0 aromatic heterocycles. The molecule has 294 valence electrons. The van der Waals surface area contributed by atoms with E-state index in [1.54, 1.807) is 7.11 Å². The van der Waals surface area contributed by atoms with E-state index in [0.29, 0.717) is 36.3 Å². The summed E-state index contributed by atoms with van der Waals surface area (Å²) in [6.07, 6.45) is 4.70. The Bertz CT molecular complexity index is 1980. The Kier molecular flexibility index (Phi) is 12.2. The number of methoxy groups -OCH3 is 1. The molecule has 5 atom stereocenters. The van der Waals surface area contributed by atoms with Crippen LogP contribution in [0, 0.1) is 16.7 Å². The van der Waals surface area contributed by atoms with Gasteiger partial charge in [0.15, 0.2) is 0 Å². The molecule has 9 heteroatoms. The number of benzene rings is 4. The van der Waals surface area contributed by atoms with Crippen LogP contribution in [0.15, 0.2) is 103 Å². The zero-order valence-corrected chi connectivity index (χ0v) is 33.5. The highest BCUT2D eigenvalue weighted by Crippen LogP contribution is 2.65. The molecule has 2 saturated carbocycles. The molecule has 1 spiro atoms. The number of halogens is 1. The van der Waals surface area contributed by atoms with Crippen LogP contribution in [0.3, 0.4) is 0 Å². The fourth-order valence-corrected chi connectivity index (χ4v) is 10.3. The number of hydrogen-bond donors (Lipinski definition) is 4. The minimum absolute atomic E-state index is 0.0678. The number of hydrogen-bond acceptors (Lipinski definition) is 7. The van der Waals surface area contributed by atoms with Crippen LogP contribution in [0.2, 0.25) is 5.02 Å². The van der Waals surface area contributed by atoms with Crippen molar-refractivity contribution >= 4 is 23.2 Å². The molecular formula is C47H55ClN4O4. The standard InChI is InChI=1S/C47H55ClN4O4/c1-46(2)23-25-47(26-24-46)41(38-22-17-31(29-49)27-39(38)50-30-56-3)40(34-15-10-16-35(48)28-34)43(45(55)51-36-18-20-37(53)21-19-36)52(47)42(32-11-6-4-7-12-32)44(54)33-13-8-5-9-14-33/h4-17,22,27-28,36-37,40-44,50,53-54H,18-21,23-26,30H2,1-3H3,(H,51,55)/t36-,37-,40-,41?,42-,43-,44+/m1/s1. The monoisotopic (exact) mass is 774 g/mol. The van der Waals surface area contributed by atoms with E-state index >= 15 is 4.79 Å². The van der Waals surface area contributed by atoms with Crippen molar-refractivity contribution in [1.29, 1.82) is 5.26 Å². The number of aliphatic hydroxyl groups is 2. The minimum atomic E-state index is -0.976. The van der Waals surface area contributed by atoms with E-state index in [0.717, 1.165) is 53.6 Å². The van der Waals surface area contributed by atoms with Gasteiger partial charge in [-0.1, -0.05) is 104 Å². The van der Waals surface area contributed by atoms with Crippen LogP contribution in [-0.4, -0.2) is 58.6 Å². The van der Waals surface area contributed by atoms with Gasteiger partial charge in [-0.25, -0.2) is 0 Å². The summed E-state index contributed by atoms with van der Waals surface area (Å²) in [7, 11) is 1.64. The number of likely N-dealkylation sites (tertiary alicyclic amines) is 1. The van der Waals surface area contributed by atoms with E-state index in [4.69, 9.17) is 16.3 Å². The molecule has 7 rings (SSSR count). The van der Waals surface area contributed by atoms with Crippen molar-refractivity contribution in [2.24, 2.45) is 5.41 Å². The number of nitrogens with zero attached hydrogens (tertiary/aromatic N) is 2. The fourth-order valence-electron chi connectivity index (χ4n) is 10.1. The number of rotatable bonds is 11. The predicted octanol–water partition coefficient (Wildman–Crippen LogP) is 9.01. The Morgan fingerprint density at radius 1 is 0.911 bits per heavy atom. The lowest BCUT2D eigenvalue weighted by molar-refractivity contribution is -0.133. The van der Waals surface area contributed by atoms with E-state index in [-0.39, 0.29) is 36.1 Å². The third-order valence-corrected chi connectivity index (χ3v) is 13.1. The molecule has 8 nitrogen and oxygen atoms in total. The van der Waals surface area contributed by atoms with Crippen LogP contribution in [0.5, 0.6) is 0 Å². The first-order valence-electron chi connectivity index (χ1n) is 20.1. The molecular weight excluding hydrogens is 720 g/mol. The van der Waals surface area contributed by atoms with Crippen molar-refractivity contribution < 1.29 is 19.7 Å². The number of nitriles is 1. The molecule has 2 aliphatic carbocycles. The number of amides is 1. The number of anilines is 1. The highest BCUT2D eigenvalue weighted by molar-refractivity contribution is 6.30. The van der Waals surface area contributed by atoms with Crippen LogP contribution in [0.4, 0.5) is 5.69 Å². The number of carbonyl (C=O) groups excluding carboxylic acids is 1. The van der Waals surface area contributed by atoms with Gasteiger partial charge in [-0.2, -0.15) is 5.26 Å². The number of aliphatic hydroxyl groups excluding tert-OH is 2. The van der Waals surface area contributed by atoms with Gasteiger partial charge in [-0.05, 0) is 103 Å². The Labute approximate surface area is 336 Å². The molecule has 1 heterocycles. The molecule has 4 aromatic rings. The van der Waals surface area contributed by atoms with E-state index in [9.17, 15) is 15.5 Å². The average Bonchev–Trinajstić information content (AvgIpc) is 3.49. The lowest BCUT2D eigenvalue weighted by atomic mass is 9.61. The van der Waals surface area contributed by atoms with Crippen LogP contribution in [0.25, 0.3) is 0 Å². The van der Waals surface area contributed by atoms with E-state index < -0.39 is 29.6 Å². The number of carbonyl (C=O) groups is 1. The number of nitrogens with one attached hydrogen (secondary N) is 2. The molecule has 3 fully saturated rings. The summed E-state index contributed by atoms with van der Waals surface area (Å²) in [6.45, 7) is 4.88. The zero-order valence-electron chi connectivity index (χ0n) is 32.7. The second kappa shape index (κ2) is 17.1. The highest BCUT2D eigenvalue weighted by atomic mass is 35.5. The normalized spacial score (nSPS) is 25.6. The van der Waals surface area contributed by atoms with Crippen LogP contribution < -0.4 is 10.6 Å². The zero-order chi connectivity index (χ0) is 39.5. The van der Waals surface area contributed by atoms with Gasteiger partial charge in [0, 0.05) is 41.2 Å². The largest absolute Gasteiger partial charge is 0.393 e. The second-order valence-electron chi connectivity index (χ2n) is 16.9. The van der Waals surface area contributed by atoms with Crippen LogP contribution in [-0.2, 0) is 9.53 Å². The van der Waals surface area contributed by atoms with Gasteiger partial charge in [0.2, 0.25) is 5.91 Å². The number of ether oxygens (including phenoxy) is 1. The summed E-state index contributed by atoms with van der Waals surface area (Å²) in [5.41, 5.74) is 4.38. The lowest BCUT2D eigenvalue weighted by Crippen LogP contribution is -2.58. The maximum Gasteiger partial charge on any atom is 0.238 e. The molecule has 4 aromatic carbocycles. The first-order valence-corrected chi connectivity index (χ1v) is 20.5. The Morgan fingerprint density at radius 2 is 1.57 bits per heavy atom. The average molecular weight is 775 g/mol. The molecule has 3 aliphatic rings. The first kappa shape index (κ1) is 40.0. The molecule has 0 bridgehead atoms. The van der Waals surface area contributed by atoms with Gasteiger partial charge >= 0.3 is 0 Å². The van der Waals surface area contributed by atoms with Crippen LogP contribution >= 0.6 is 11.6 Å². The van der Waals surface area contributed by atoms with Crippen LogP contribution in [0.1, 0.15) is 117 Å². The van der Waals surface area contributed by atoms with Gasteiger partial charge in [0.05, 0.1) is 35.9 Å². The topological polar surface area (TPSA) is 118 Å². The minimum Gasteiger partial charge on any atom is -0.393 e. The summed E-state index contributed by atoms with van der Waals surface area (Å²) < 4.78 is 5.54. The maximum atomic E-state index is 15.6. The maximum absolute atomic E-state index is 15.6. The quantitative estimate of drug-likeness (QED) is 0.112. The molecule has 0 radical (unpaired) electrons. The summed E-state index contributed by atoms with van der Waals surface area (Å²) in [5.74, 6) is -0.777. The molecule has 1 aliphatic heterocycles. The smallest absolute Gasteiger partial charge is 0.238 e. The van der Waals surface area contributed by atoms with Gasteiger partial charge in [-0.3, -0.25) is 9.69 Å². The second-order valence-corrected chi connectivity index (χ2v) is 17.4. The summed E-state index contributed by atoms with van der Waals surface area (Å²) >= 11 is 6.85. The van der Waals surface area contributed by atoms with Crippen molar-refractivity contribution in [3.05, 3.63) is 136 Å². The van der Waals surface area contributed by atoms with Gasteiger partial charge in [-0.15, -0.1) is 0 Å². The summed E-state index contributed by atoms with van der Waals surface area (Å²) in [5, 5.41) is 40.9. The predicted molar refractivity (Wildman–Crippen MR) is 221 cm³/mol. The Balaban J connectivity index is 1.54. The van der Waals surface area contributed by atoms with Gasteiger partial charge in [0.25, 0.3) is 0 Å².